The summed E-state index contributed by atoms with van der Waals surface area (Å²) >= 11 is 0. The molecule has 0 amide bonds. The van der Waals surface area contributed by atoms with Crippen LogP contribution >= 0.6 is 0 Å². The van der Waals surface area contributed by atoms with Crippen LogP contribution in [0.15, 0.2) is 0 Å². The summed E-state index contributed by atoms with van der Waals surface area (Å²) in [5.41, 5.74) is 0. The molecular weight excluding hydrogens is 228 g/mol. The van der Waals surface area contributed by atoms with Crippen molar-refractivity contribution in [3.05, 3.63) is 0 Å². The molecule has 2 atom stereocenters. The third-order valence-corrected chi connectivity index (χ3v) is 4.34. The number of nitrogens with one attached hydrogen (secondary N) is 1. The molecule has 0 radical (unpaired) electrons. The summed E-state index contributed by atoms with van der Waals surface area (Å²) in [5, 5.41) is 12.4. The first kappa shape index (κ1) is 13.8. The largest absolute Gasteiger partial charge is 0.481 e. The maximum absolute atomic E-state index is 10.9. The zero-order valence-corrected chi connectivity index (χ0v) is 11.4. The number of carboxylic acid groups (broad SMARTS) is 1. The van der Waals surface area contributed by atoms with E-state index in [1.54, 1.807) is 0 Å². The van der Waals surface area contributed by atoms with Crippen molar-refractivity contribution in [2.24, 2.45) is 0 Å². The van der Waals surface area contributed by atoms with E-state index in [-0.39, 0.29) is 12.5 Å². The van der Waals surface area contributed by atoms with Crippen molar-refractivity contribution in [2.45, 2.75) is 70.0 Å². The highest BCUT2D eigenvalue weighted by molar-refractivity contribution is 5.67. The molecule has 0 spiro atoms. The number of nitrogens with zero attached hydrogens (tertiary/aromatic N) is 1. The molecule has 4 nitrogen and oxygen atoms in total. The Morgan fingerprint density at radius 2 is 2.00 bits per heavy atom. The molecule has 2 aliphatic rings. The Morgan fingerprint density at radius 3 is 2.67 bits per heavy atom. The monoisotopic (exact) mass is 254 g/mol. The van der Waals surface area contributed by atoms with E-state index in [0.29, 0.717) is 12.1 Å². The number of rotatable bonds is 3. The van der Waals surface area contributed by atoms with Crippen LogP contribution in [0, 0.1) is 0 Å². The summed E-state index contributed by atoms with van der Waals surface area (Å²) in [6, 6.07) is 1.24. The van der Waals surface area contributed by atoms with E-state index < -0.39 is 5.97 Å². The van der Waals surface area contributed by atoms with E-state index in [1.165, 1.54) is 32.1 Å². The van der Waals surface area contributed by atoms with Crippen LogP contribution < -0.4 is 5.32 Å². The van der Waals surface area contributed by atoms with Gasteiger partial charge in [0, 0.05) is 24.7 Å². The summed E-state index contributed by atoms with van der Waals surface area (Å²) in [4.78, 5) is 13.5. The van der Waals surface area contributed by atoms with Crippen LogP contribution in [0.25, 0.3) is 0 Å². The quantitative estimate of drug-likeness (QED) is 0.807. The zero-order chi connectivity index (χ0) is 13.0. The summed E-state index contributed by atoms with van der Waals surface area (Å²) in [6.07, 6.45) is 8.03. The van der Waals surface area contributed by atoms with Crippen molar-refractivity contribution in [2.75, 3.05) is 13.1 Å². The van der Waals surface area contributed by atoms with Crippen molar-refractivity contribution in [1.29, 1.82) is 0 Å². The Balaban J connectivity index is 1.94. The maximum Gasteiger partial charge on any atom is 0.304 e. The Kier molecular flexibility index (Phi) is 5.01. The first-order valence-electron chi connectivity index (χ1n) is 7.37. The average molecular weight is 254 g/mol. The fourth-order valence-corrected chi connectivity index (χ4v) is 3.38. The molecule has 0 aromatic rings. The van der Waals surface area contributed by atoms with Gasteiger partial charge in [0.25, 0.3) is 0 Å². The molecule has 104 valence electrons. The molecule has 2 rings (SSSR count). The standard InChI is InChI=1S/C14H26N2O2/c1-11-7-8-16(13-5-3-2-4-6-13)10-12(15-11)9-14(17)18/h11-13,15H,2-10H2,1H3,(H,17,18). The van der Waals surface area contributed by atoms with Crippen LogP contribution in [0.5, 0.6) is 0 Å². The highest BCUT2D eigenvalue weighted by Crippen LogP contribution is 2.24. The first-order valence-corrected chi connectivity index (χ1v) is 7.37. The van der Waals surface area contributed by atoms with Gasteiger partial charge in [-0.1, -0.05) is 19.3 Å². The predicted octanol–water partition coefficient (Wildman–Crippen LogP) is 1.85. The minimum Gasteiger partial charge on any atom is -0.481 e. The Morgan fingerprint density at radius 1 is 1.28 bits per heavy atom. The molecule has 4 heteroatoms. The molecule has 2 unspecified atom stereocenters. The lowest BCUT2D eigenvalue weighted by molar-refractivity contribution is -0.137. The normalized spacial score (nSPS) is 32.1. The van der Waals surface area contributed by atoms with E-state index >= 15 is 0 Å². The second-order valence-corrected chi connectivity index (χ2v) is 5.94. The lowest BCUT2D eigenvalue weighted by Crippen LogP contribution is -2.45. The second kappa shape index (κ2) is 6.53. The van der Waals surface area contributed by atoms with Crippen molar-refractivity contribution < 1.29 is 9.90 Å². The average Bonchev–Trinajstić information content (AvgIpc) is 2.51. The van der Waals surface area contributed by atoms with Crippen molar-refractivity contribution >= 4 is 5.97 Å². The molecule has 1 aliphatic carbocycles. The van der Waals surface area contributed by atoms with Crippen molar-refractivity contribution in [3.63, 3.8) is 0 Å². The van der Waals surface area contributed by atoms with E-state index in [1.807, 2.05) is 0 Å². The Bertz CT molecular complexity index is 277. The molecule has 1 saturated carbocycles. The third kappa shape index (κ3) is 3.95. The highest BCUT2D eigenvalue weighted by Gasteiger charge is 2.28. The Hall–Kier alpha value is -0.610. The van der Waals surface area contributed by atoms with E-state index in [4.69, 9.17) is 5.11 Å². The van der Waals surface area contributed by atoms with Crippen LogP contribution in [0.4, 0.5) is 0 Å². The predicted molar refractivity (Wildman–Crippen MR) is 71.7 cm³/mol. The SMILES string of the molecule is CC1CCN(C2CCCCC2)CC(CC(=O)O)N1. The van der Waals surface area contributed by atoms with Crippen LogP contribution in [0.2, 0.25) is 0 Å². The molecule has 0 aromatic carbocycles. The van der Waals surface area contributed by atoms with Gasteiger partial charge in [0.05, 0.1) is 6.42 Å². The fourth-order valence-electron chi connectivity index (χ4n) is 3.38. The van der Waals surface area contributed by atoms with E-state index in [9.17, 15) is 4.79 Å². The summed E-state index contributed by atoms with van der Waals surface area (Å²) in [6.45, 7) is 4.19. The van der Waals surface area contributed by atoms with Crippen molar-refractivity contribution in [1.82, 2.24) is 10.2 Å². The minimum absolute atomic E-state index is 0.113. The van der Waals surface area contributed by atoms with E-state index in [2.05, 4.69) is 17.1 Å². The number of hydrogen-bond donors (Lipinski definition) is 2. The first-order chi connectivity index (χ1) is 8.65. The van der Waals surface area contributed by atoms with Gasteiger partial charge in [0.2, 0.25) is 0 Å². The molecule has 2 fully saturated rings. The summed E-state index contributed by atoms with van der Waals surface area (Å²) in [5.74, 6) is -0.690. The van der Waals surface area contributed by atoms with Gasteiger partial charge in [-0.2, -0.15) is 0 Å². The van der Waals surface area contributed by atoms with Crippen LogP contribution in [0.1, 0.15) is 51.9 Å². The Labute approximate surface area is 110 Å². The molecule has 0 bridgehead atoms. The molecule has 2 N–H and O–H groups in total. The maximum atomic E-state index is 10.9. The minimum atomic E-state index is -0.690. The zero-order valence-electron chi connectivity index (χ0n) is 11.4. The molecule has 18 heavy (non-hydrogen) atoms. The van der Waals surface area contributed by atoms with Gasteiger partial charge in [0.1, 0.15) is 0 Å². The third-order valence-electron chi connectivity index (χ3n) is 4.34. The number of hydrogen-bond acceptors (Lipinski definition) is 3. The molecular formula is C14H26N2O2. The number of carboxylic acids is 1. The molecule has 1 aliphatic heterocycles. The highest BCUT2D eigenvalue weighted by atomic mass is 16.4. The van der Waals surface area contributed by atoms with Gasteiger partial charge >= 0.3 is 5.97 Å². The fraction of sp³-hybridized carbons (Fsp3) is 0.929. The van der Waals surface area contributed by atoms with Gasteiger partial charge in [-0.05, 0) is 32.7 Å². The van der Waals surface area contributed by atoms with Gasteiger partial charge in [-0.15, -0.1) is 0 Å². The van der Waals surface area contributed by atoms with Gasteiger partial charge < -0.3 is 10.4 Å². The number of carbonyl (C=O) groups is 1. The molecule has 1 heterocycles. The van der Waals surface area contributed by atoms with Crippen LogP contribution in [0.3, 0.4) is 0 Å². The van der Waals surface area contributed by atoms with Crippen LogP contribution in [-0.2, 0) is 4.79 Å². The molecule has 0 aromatic heterocycles. The van der Waals surface area contributed by atoms with Gasteiger partial charge in [-0.25, -0.2) is 0 Å². The van der Waals surface area contributed by atoms with Crippen molar-refractivity contribution in [3.8, 4) is 0 Å². The summed E-state index contributed by atoms with van der Waals surface area (Å²) < 4.78 is 0. The lowest BCUT2D eigenvalue weighted by atomic mass is 9.93. The molecule has 1 saturated heterocycles. The van der Waals surface area contributed by atoms with E-state index in [0.717, 1.165) is 19.5 Å². The smallest absolute Gasteiger partial charge is 0.304 e. The number of aliphatic carboxylic acids is 1. The topological polar surface area (TPSA) is 52.6 Å². The van der Waals surface area contributed by atoms with Crippen LogP contribution in [-0.4, -0.2) is 47.2 Å². The second-order valence-electron chi connectivity index (χ2n) is 5.94. The van der Waals surface area contributed by atoms with Gasteiger partial charge in [0.15, 0.2) is 0 Å². The lowest BCUT2D eigenvalue weighted by Gasteiger charge is -2.34. The summed E-state index contributed by atoms with van der Waals surface area (Å²) in [7, 11) is 0. The van der Waals surface area contributed by atoms with Gasteiger partial charge in [-0.3, -0.25) is 9.69 Å².